The molecule has 0 bridgehead atoms. The molecule has 2 N–H and O–H groups in total. The van der Waals surface area contributed by atoms with E-state index in [1.807, 2.05) is 18.2 Å². The Bertz CT molecular complexity index is 646. The van der Waals surface area contributed by atoms with E-state index >= 15 is 0 Å². The van der Waals surface area contributed by atoms with Crippen molar-refractivity contribution in [2.45, 2.75) is 24.9 Å². The second kappa shape index (κ2) is 5.13. The second-order valence-electron chi connectivity index (χ2n) is 5.25. The maximum absolute atomic E-state index is 12.0. The number of amides is 1. The lowest BCUT2D eigenvalue weighted by molar-refractivity contribution is -0.117. The van der Waals surface area contributed by atoms with Crippen molar-refractivity contribution >= 4 is 37.4 Å². The van der Waals surface area contributed by atoms with Crippen LogP contribution in [-0.2, 0) is 14.6 Å². The molecule has 7 heteroatoms. The zero-order valence-electron chi connectivity index (χ0n) is 10.7. The minimum absolute atomic E-state index is 0.0730. The molecular weight excluding hydrogens is 344 g/mol. The first-order valence-electron chi connectivity index (χ1n) is 6.51. The smallest absolute Gasteiger partial charge is 0.246 e. The van der Waals surface area contributed by atoms with E-state index in [1.165, 1.54) is 0 Å². The fraction of sp³-hybridized carbons (Fsp3) is 0.462. The average Bonchev–Trinajstić information content (AvgIpc) is 2.67. The fourth-order valence-corrected chi connectivity index (χ4v) is 4.54. The van der Waals surface area contributed by atoms with Gasteiger partial charge in [0.05, 0.1) is 11.5 Å². The van der Waals surface area contributed by atoms with Crippen molar-refractivity contribution in [1.29, 1.82) is 0 Å². The zero-order valence-corrected chi connectivity index (χ0v) is 13.1. The van der Waals surface area contributed by atoms with Gasteiger partial charge in [-0.1, -0.05) is 22.0 Å². The van der Waals surface area contributed by atoms with Crippen LogP contribution in [0.1, 0.15) is 24.4 Å². The van der Waals surface area contributed by atoms with Gasteiger partial charge >= 0.3 is 0 Å². The molecule has 0 aromatic heterocycles. The number of hydrogen-bond acceptors (Lipinski definition) is 4. The molecular formula is C13H15BrN2O3S. The summed E-state index contributed by atoms with van der Waals surface area (Å²) in [4.78, 5) is 12.0. The summed E-state index contributed by atoms with van der Waals surface area (Å²) >= 11 is 3.38. The minimum atomic E-state index is -2.88. The highest BCUT2D eigenvalue weighted by Gasteiger charge is 2.33. The molecule has 0 radical (unpaired) electrons. The van der Waals surface area contributed by atoms with Crippen molar-refractivity contribution < 1.29 is 13.2 Å². The van der Waals surface area contributed by atoms with E-state index in [2.05, 4.69) is 26.6 Å². The van der Waals surface area contributed by atoms with Crippen LogP contribution in [0, 0.1) is 0 Å². The Hall–Kier alpha value is -0.920. The van der Waals surface area contributed by atoms with Gasteiger partial charge in [-0.05, 0) is 25.0 Å². The van der Waals surface area contributed by atoms with Crippen molar-refractivity contribution in [2.75, 3.05) is 16.8 Å². The molecule has 1 amide bonds. The van der Waals surface area contributed by atoms with E-state index in [4.69, 9.17) is 0 Å². The number of nitrogens with one attached hydrogen (secondary N) is 2. The summed E-state index contributed by atoms with van der Waals surface area (Å²) in [5.41, 5.74) is 1.73. The quantitative estimate of drug-likeness (QED) is 0.841. The van der Waals surface area contributed by atoms with E-state index < -0.39 is 9.84 Å². The third-order valence-corrected chi connectivity index (χ3v) is 6.01. The van der Waals surface area contributed by atoms with Gasteiger partial charge in [0, 0.05) is 21.8 Å². The van der Waals surface area contributed by atoms with E-state index in [1.54, 1.807) is 0 Å². The molecule has 5 nitrogen and oxygen atoms in total. The molecule has 1 atom stereocenters. The molecule has 0 saturated carbocycles. The van der Waals surface area contributed by atoms with Crippen LogP contribution in [0.15, 0.2) is 22.7 Å². The average molecular weight is 359 g/mol. The fourth-order valence-electron chi connectivity index (χ4n) is 2.69. The van der Waals surface area contributed by atoms with Crippen LogP contribution < -0.4 is 10.6 Å². The maximum atomic E-state index is 12.0. The van der Waals surface area contributed by atoms with Gasteiger partial charge < -0.3 is 5.32 Å². The van der Waals surface area contributed by atoms with Crippen molar-refractivity contribution in [3.8, 4) is 0 Å². The number of rotatable bonds is 2. The Morgan fingerprint density at radius 1 is 1.25 bits per heavy atom. The van der Waals surface area contributed by atoms with Crippen LogP contribution in [0.25, 0.3) is 0 Å². The molecule has 3 rings (SSSR count). The molecule has 1 aromatic carbocycles. The van der Waals surface area contributed by atoms with Gasteiger partial charge in [-0.25, -0.2) is 8.42 Å². The third kappa shape index (κ3) is 2.75. The molecule has 2 aliphatic rings. The van der Waals surface area contributed by atoms with Crippen LogP contribution >= 0.6 is 15.9 Å². The molecule has 1 aromatic rings. The summed E-state index contributed by atoms with van der Waals surface area (Å²) in [7, 11) is -2.88. The van der Waals surface area contributed by atoms with Gasteiger partial charge in [0.25, 0.3) is 0 Å². The molecule has 108 valence electrons. The zero-order chi connectivity index (χ0) is 14.3. The summed E-state index contributed by atoms with van der Waals surface area (Å²) < 4.78 is 23.8. The van der Waals surface area contributed by atoms with Crippen molar-refractivity contribution in [2.24, 2.45) is 0 Å². The first kappa shape index (κ1) is 14.0. The standard InChI is InChI=1S/C13H15BrN2O3S/c14-8-1-2-10-11(7-8)16-13(17)12(10)15-9-3-5-20(18,19)6-4-9/h1-2,7,9,12,15H,3-6H2,(H,16,17). The molecule has 0 aliphatic carbocycles. The monoisotopic (exact) mass is 358 g/mol. The van der Waals surface area contributed by atoms with Gasteiger partial charge in [-0.2, -0.15) is 0 Å². The summed E-state index contributed by atoms with van der Waals surface area (Å²) in [6.45, 7) is 0. The highest BCUT2D eigenvalue weighted by molar-refractivity contribution is 9.10. The molecule has 2 heterocycles. The molecule has 20 heavy (non-hydrogen) atoms. The Labute approximate surface area is 126 Å². The molecule has 2 aliphatic heterocycles. The van der Waals surface area contributed by atoms with Crippen LogP contribution in [0.3, 0.4) is 0 Å². The Morgan fingerprint density at radius 3 is 2.65 bits per heavy atom. The van der Waals surface area contributed by atoms with Crippen LogP contribution in [0.2, 0.25) is 0 Å². The third-order valence-electron chi connectivity index (χ3n) is 3.80. The van der Waals surface area contributed by atoms with E-state index in [0.717, 1.165) is 15.7 Å². The highest BCUT2D eigenvalue weighted by Crippen LogP contribution is 2.33. The Kier molecular flexibility index (Phi) is 3.60. The summed E-state index contributed by atoms with van der Waals surface area (Å²) in [6.07, 6.45) is 1.13. The van der Waals surface area contributed by atoms with Crippen LogP contribution in [0.5, 0.6) is 0 Å². The summed E-state index contributed by atoms with van der Waals surface area (Å²) in [5.74, 6) is 0.324. The van der Waals surface area contributed by atoms with Gasteiger partial charge in [0.1, 0.15) is 15.9 Å². The summed E-state index contributed by atoms with van der Waals surface area (Å²) in [6, 6.07) is 5.38. The lowest BCUT2D eigenvalue weighted by Crippen LogP contribution is -2.41. The van der Waals surface area contributed by atoms with E-state index in [-0.39, 0.29) is 29.5 Å². The molecule has 1 unspecified atom stereocenters. The van der Waals surface area contributed by atoms with Crippen molar-refractivity contribution in [3.05, 3.63) is 28.2 Å². The van der Waals surface area contributed by atoms with E-state index in [9.17, 15) is 13.2 Å². The number of benzene rings is 1. The maximum Gasteiger partial charge on any atom is 0.246 e. The Balaban J connectivity index is 1.74. The number of carbonyl (C=O) groups is 1. The van der Waals surface area contributed by atoms with Gasteiger partial charge in [-0.15, -0.1) is 0 Å². The SMILES string of the molecule is O=C1Nc2cc(Br)ccc2C1NC1CCS(=O)(=O)CC1. The first-order chi connectivity index (χ1) is 9.44. The number of halogens is 1. The highest BCUT2D eigenvalue weighted by atomic mass is 79.9. The normalized spacial score (nSPS) is 25.2. The van der Waals surface area contributed by atoms with E-state index in [0.29, 0.717) is 12.8 Å². The number of hydrogen-bond donors (Lipinski definition) is 2. The summed E-state index contributed by atoms with van der Waals surface area (Å²) in [5, 5.41) is 6.13. The van der Waals surface area contributed by atoms with Crippen molar-refractivity contribution in [1.82, 2.24) is 5.32 Å². The van der Waals surface area contributed by atoms with Gasteiger partial charge in [0.15, 0.2) is 0 Å². The first-order valence-corrected chi connectivity index (χ1v) is 9.13. The molecule has 1 saturated heterocycles. The van der Waals surface area contributed by atoms with Gasteiger partial charge in [0.2, 0.25) is 5.91 Å². The predicted molar refractivity (Wildman–Crippen MR) is 80.3 cm³/mol. The number of anilines is 1. The topological polar surface area (TPSA) is 75.3 Å². The Morgan fingerprint density at radius 2 is 1.95 bits per heavy atom. The van der Waals surface area contributed by atoms with Crippen LogP contribution in [-0.4, -0.2) is 31.9 Å². The number of sulfone groups is 1. The largest absolute Gasteiger partial charge is 0.324 e. The van der Waals surface area contributed by atoms with Crippen LogP contribution in [0.4, 0.5) is 5.69 Å². The number of fused-ring (bicyclic) bond motifs is 1. The number of carbonyl (C=O) groups excluding carboxylic acids is 1. The van der Waals surface area contributed by atoms with Gasteiger partial charge in [-0.3, -0.25) is 10.1 Å². The molecule has 1 fully saturated rings. The predicted octanol–water partition coefficient (Wildman–Crippen LogP) is 1.61. The minimum Gasteiger partial charge on any atom is -0.324 e. The second-order valence-corrected chi connectivity index (χ2v) is 8.47. The lowest BCUT2D eigenvalue weighted by atomic mass is 10.1. The lowest BCUT2D eigenvalue weighted by Gasteiger charge is -2.25. The molecule has 0 spiro atoms. The van der Waals surface area contributed by atoms with Crippen molar-refractivity contribution in [3.63, 3.8) is 0 Å².